The molecule has 2 nitrogen and oxygen atoms in total. The zero-order valence-electron chi connectivity index (χ0n) is 7.66. The fourth-order valence-electron chi connectivity index (χ4n) is 1.80. The first-order valence-electron chi connectivity index (χ1n) is 5.10. The summed E-state index contributed by atoms with van der Waals surface area (Å²) in [5.74, 6) is 1.51. The van der Waals surface area contributed by atoms with E-state index < -0.39 is 0 Å². The van der Waals surface area contributed by atoms with Crippen LogP contribution in [0.5, 0.6) is 0 Å². The molecule has 0 radical (unpaired) electrons. The van der Waals surface area contributed by atoms with Crippen molar-refractivity contribution in [2.45, 2.75) is 24.7 Å². The van der Waals surface area contributed by atoms with Gasteiger partial charge in [0.15, 0.2) is 0 Å². The molecule has 0 bridgehead atoms. The Kier molecular flexibility index (Phi) is 1.62. The number of hydrogen-bond donors (Lipinski definition) is 1. The lowest BCUT2D eigenvalue weighted by atomic mass is 9.95. The maximum Gasteiger partial charge on any atom is 0.0434 e. The molecule has 2 fully saturated rings. The maximum atomic E-state index is 4.52. The molecule has 2 heteroatoms. The van der Waals surface area contributed by atoms with Crippen LogP contribution in [0, 0.1) is 0 Å². The zero-order valence-corrected chi connectivity index (χ0v) is 7.66. The third-order valence-corrected chi connectivity index (χ3v) is 3.06. The molecule has 1 saturated carbocycles. The van der Waals surface area contributed by atoms with Crippen molar-refractivity contribution in [1.82, 2.24) is 10.3 Å². The fraction of sp³-hybridized carbons (Fsp3) is 0.545. The van der Waals surface area contributed by atoms with Gasteiger partial charge in [-0.25, -0.2) is 0 Å². The van der Waals surface area contributed by atoms with Gasteiger partial charge in [-0.2, -0.15) is 0 Å². The molecule has 0 aromatic carbocycles. The molecule has 13 heavy (non-hydrogen) atoms. The van der Waals surface area contributed by atoms with E-state index in [-0.39, 0.29) is 0 Å². The van der Waals surface area contributed by atoms with E-state index >= 15 is 0 Å². The SMILES string of the molecule is c1cc(C2CC2)ncc1C1CNC1. The van der Waals surface area contributed by atoms with Crippen molar-refractivity contribution in [2.75, 3.05) is 13.1 Å². The Hall–Kier alpha value is -0.890. The second kappa shape index (κ2) is 2.81. The molecule has 2 heterocycles. The third-order valence-electron chi connectivity index (χ3n) is 3.06. The minimum atomic E-state index is 0.723. The second-order valence-corrected chi connectivity index (χ2v) is 4.15. The van der Waals surface area contributed by atoms with Crippen molar-refractivity contribution in [2.24, 2.45) is 0 Å². The number of nitrogens with zero attached hydrogens (tertiary/aromatic N) is 1. The van der Waals surface area contributed by atoms with Crippen LogP contribution >= 0.6 is 0 Å². The van der Waals surface area contributed by atoms with Crippen molar-refractivity contribution in [1.29, 1.82) is 0 Å². The number of rotatable bonds is 2. The van der Waals surface area contributed by atoms with Crippen LogP contribution in [0.25, 0.3) is 0 Å². The highest BCUT2D eigenvalue weighted by Gasteiger charge is 2.25. The quantitative estimate of drug-likeness (QED) is 0.737. The molecule has 3 rings (SSSR count). The molecule has 1 aromatic rings. The van der Waals surface area contributed by atoms with E-state index in [9.17, 15) is 0 Å². The maximum absolute atomic E-state index is 4.52. The van der Waals surface area contributed by atoms with Gasteiger partial charge in [-0.15, -0.1) is 0 Å². The fourth-order valence-corrected chi connectivity index (χ4v) is 1.80. The number of aromatic nitrogens is 1. The summed E-state index contributed by atoms with van der Waals surface area (Å²) in [5.41, 5.74) is 2.71. The van der Waals surface area contributed by atoms with E-state index in [1.54, 1.807) is 0 Å². The van der Waals surface area contributed by atoms with Crippen molar-refractivity contribution in [3.8, 4) is 0 Å². The number of hydrogen-bond acceptors (Lipinski definition) is 2. The molecule has 0 amide bonds. The van der Waals surface area contributed by atoms with Gasteiger partial charge in [-0.3, -0.25) is 4.98 Å². The van der Waals surface area contributed by atoms with Crippen molar-refractivity contribution in [3.05, 3.63) is 29.6 Å². The normalized spacial score (nSPS) is 22.8. The highest BCUT2D eigenvalue weighted by Crippen LogP contribution is 2.39. The summed E-state index contributed by atoms with van der Waals surface area (Å²) in [6, 6.07) is 4.47. The molecule has 0 unspecified atom stereocenters. The highest BCUT2D eigenvalue weighted by molar-refractivity contribution is 5.24. The first-order chi connectivity index (χ1) is 6.43. The largest absolute Gasteiger partial charge is 0.315 e. The molecule has 1 aliphatic heterocycles. The van der Waals surface area contributed by atoms with Gasteiger partial charge >= 0.3 is 0 Å². The van der Waals surface area contributed by atoms with E-state index in [2.05, 4.69) is 28.6 Å². The van der Waals surface area contributed by atoms with Gasteiger partial charge in [0.2, 0.25) is 0 Å². The van der Waals surface area contributed by atoms with Crippen LogP contribution in [0.2, 0.25) is 0 Å². The Morgan fingerprint density at radius 2 is 2.00 bits per heavy atom. The molecule has 2 aliphatic rings. The van der Waals surface area contributed by atoms with E-state index in [1.165, 1.54) is 24.1 Å². The first kappa shape index (κ1) is 7.51. The Balaban J connectivity index is 1.80. The van der Waals surface area contributed by atoms with E-state index in [0.29, 0.717) is 0 Å². The predicted molar refractivity (Wildman–Crippen MR) is 51.8 cm³/mol. The first-order valence-corrected chi connectivity index (χ1v) is 5.10. The van der Waals surface area contributed by atoms with Crippen LogP contribution in [0.1, 0.15) is 35.9 Å². The van der Waals surface area contributed by atoms with Crippen LogP contribution in [-0.2, 0) is 0 Å². The van der Waals surface area contributed by atoms with Crippen molar-refractivity contribution < 1.29 is 0 Å². The summed E-state index contributed by atoms with van der Waals surface area (Å²) in [4.78, 5) is 4.52. The summed E-state index contributed by atoms with van der Waals surface area (Å²) < 4.78 is 0. The highest BCUT2D eigenvalue weighted by atomic mass is 14.9. The lowest BCUT2D eigenvalue weighted by Gasteiger charge is -2.27. The number of pyridine rings is 1. The molecular weight excluding hydrogens is 160 g/mol. The Bertz CT molecular complexity index is 296. The average molecular weight is 174 g/mol. The van der Waals surface area contributed by atoms with Crippen LogP contribution in [-0.4, -0.2) is 18.1 Å². The van der Waals surface area contributed by atoms with Gasteiger partial charge in [0.05, 0.1) is 0 Å². The minimum Gasteiger partial charge on any atom is -0.315 e. The summed E-state index contributed by atoms with van der Waals surface area (Å²) in [5, 5.41) is 3.28. The molecule has 1 saturated heterocycles. The molecule has 0 atom stereocenters. The summed E-state index contributed by atoms with van der Waals surface area (Å²) >= 11 is 0. The van der Waals surface area contributed by atoms with Gasteiger partial charge < -0.3 is 5.32 Å². The smallest absolute Gasteiger partial charge is 0.0434 e. The van der Waals surface area contributed by atoms with Gasteiger partial charge in [0, 0.05) is 36.8 Å². The van der Waals surface area contributed by atoms with Crippen LogP contribution in [0.3, 0.4) is 0 Å². The van der Waals surface area contributed by atoms with Gasteiger partial charge in [0.25, 0.3) is 0 Å². The van der Waals surface area contributed by atoms with Crippen molar-refractivity contribution >= 4 is 0 Å². The Labute approximate surface area is 78.4 Å². The Morgan fingerprint density at radius 1 is 1.15 bits per heavy atom. The zero-order chi connectivity index (χ0) is 8.67. The minimum absolute atomic E-state index is 0.723. The van der Waals surface area contributed by atoms with Gasteiger partial charge in [-0.05, 0) is 24.5 Å². The topological polar surface area (TPSA) is 24.9 Å². The van der Waals surface area contributed by atoms with Crippen LogP contribution < -0.4 is 5.32 Å². The van der Waals surface area contributed by atoms with E-state index in [1.807, 2.05) is 0 Å². The summed E-state index contributed by atoms with van der Waals surface area (Å²) in [6.45, 7) is 2.26. The lowest BCUT2D eigenvalue weighted by Crippen LogP contribution is -2.39. The Morgan fingerprint density at radius 3 is 2.46 bits per heavy atom. The summed E-state index contributed by atoms with van der Waals surface area (Å²) in [6.07, 6.45) is 4.76. The predicted octanol–water partition coefficient (Wildman–Crippen LogP) is 1.65. The third kappa shape index (κ3) is 1.35. The monoisotopic (exact) mass is 174 g/mol. The van der Waals surface area contributed by atoms with Crippen molar-refractivity contribution in [3.63, 3.8) is 0 Å². The van der Waals surface area contributed by atoms with Crippen LogP contribution in [0.4, 0.5) is 0 Å². The lowest BCUT2D eigenvalue weighted by molar-refractivity contribution is 0.447. The molecule has 1 N–H and O–H groups in total. The standard InChI is InChI=1S/C11H14N2/c1-2-8(1)11-4-3-9(7-13-11)10-5-12-6-10/h3-4,7-8,10,12H,1-2,5-6H2. The number of nitrogens with one attached hydrogen (secondary N) is 1. The average Bonchev–Trinajstić information content (AvgIpc) is 2.85. The molecule has 1 aliphatic carbocycles. The summed E-state index contributed by atoms with van der Waals surface area (Å²) in [7, 11) is 0. The van der Waals surface area contributed by atoms with Gasteiger partial charge in [0.1, 0.15) is 0 Å². The molecule has 1 aromatic heterocycles. The van der Waals surface area contributed by atoms with Gasteiger partial charge in [-0.1, -0.05) is 6.07 Å². The molecule has 68 valence electrons. The van der Waals surface area contributed by atoms with E-state index in [0.717, 1.165) is 24.9 Å². The van der Waals surface area contributed by atoms with Crippen LogP contribution in [0.15, 0.2) is 18.3 Å². The van der Waals surface area contributed by atoms with E-state index in [4.69, 9.17) is 0 Å². The molecule has 0 spiro atoms. The molecular formula is C11H14N2. The second-order valence-electron chi connectivity index (χ2n) is 4.15.